The fourth-order valence-corrected chi connectivity index (χ4v) is 7.13. The summed E-state index contributed by atoms with van der Waals surface area (Å²) in [5.74, 6) is 0.973. The first-order valence-corrected chi connectivity index (χ1v) is 16.8. The predicted octanol–water partition coefficient (Wildman–Crippen LogP) is 10.7. The van der Waals surface area contributed by atoms with Crippen LogP contribution in [0.5, 0.6) is 0 Å². The third-order valence-electron chi connectivity index (χ3n) is 9.96. The van der Waals surface area contributed by atoms with Crippen LogP contribution in [0.2, 0.25) is 5.02 Å². The number of aryl methyl sites for hydroxylation is 1. The van der Waals surface area contributed by atoms with Crippen molar-refractivity contribution in [2.45, 2.75) is 77.2 Å². The third-order valence-corrected chi connectivity index (χ3v) is 10.3. The van der Waals surface area contributed by atoms with Gasteiger partial charge in [0.2, 0.25) is 0 Å². The molecule has 1 heterocycles. The Balaban J connectivity index is 1.31. The Hall–Kier alpha value is -4.08. The topological polar surface area (TPSA) is 33.5 Å². The summed E-state index contributed by atoms with van der Waals surface area (Å²) < 4.78 is 6.36. The third kappa shape index (κ3) is 6.71. The fraction of sp³-hybridized carbons (Fsp3) is 0.310. The first kappa shape index (κ1) is 31.9. The number of carbonyl (C=O) groups is 1. The van der Waals surface area contributed by atoms with Gasteiger partial charge in [-0.2, -0.15) is 0 Å². The Kier molecular flexibility index (Phi) is 8.99. The highest BCUT2D eigenvalue weighted by Gasteiger charge is 2.37. The van der Waals surface area contributed by atoms with Gasteiger partial charge in [0.05, 0.1) is 0 Å². The highest BCUT2D eigenvalue weighted by molar-refractivity contribution is 6.31. The second kappa shape index (κ2) is 13.0. The minimum atomic E-state index is -0.145. The van der Waals surface area contributed by atoms with Crippen LogP contribution in [0.25, 0.3) is 0 Å². The van der Waals surface area contributed by atoms with Crippen LogP contribution in [-0.4, -0.2) is 17.4 Å². The van der Waals surface area contributed by atoms with E-state index in [0.29, 0.717) is 30.3 Å². The van der Waals surface area contributed by atoms with E-state index in [2.05, 4.69) is 95.3 Å². The lowest BCUT2D eigenvalue weighted by molar-refractivity contribution is 0.0703. The van der Waals surface area contributed by atoms with E-state index in [1.807, 2.05) is 53.4 Å². The summed E-state index contributed by atoms with van der Waals surface area (Å²) in [6.45, 7) is 12.5. The molecule has 0 saturated heterocycles. The van der Waals surface area contributed by atoms with Crippen molar-refractivity contribution in [1.82, 2.24) is 4.90 Å². The molecule has 4 heteroatoms. The fourth-order valence-electron chi connectivity index (χ4n) is 6.93. The number of nitrogens with zero attached hydrogens (tertiary/aromatic N) is 1. The Bertz CT molecular complexity index is 1780. The Morgan fingerprint density at radius 2 is 1.33 bits per heavy atom. The van der Waals surface area contributed by atoms with Crippen LogP contribution >= 0.6 is 11.6 Å². The first-order valence-electron chi connectivity index (χ1n) is 16.4. The van der Waals surface area contributed by atoms with Gasteiger partial charge in [-0.15, -0.1) is 0 Å². The number of benzene rings is 4. The van der Waals surface area contributed by atoms with E-state index in [-0.39, 0.29) is 22.7 Å². The van der Waals surface area contributed by atoms with Crippen LogP contribution in [0.1, 0.15) is 102 Å². The number of carbonyl (C=O) groups excluding carboxylic acids is 1. The summed E-state index contributed by atoms with van der Waals surface area (Å²) in [5, 5.41) is 0.644. The van der Waals surface area contributed by atoms with Crippen LogP contribution in [0.15, 0.2) is 114 Å². The van der Waals surface area contributed by atoms with Gasteiger partial charge in [-0.25, -0.2) is 0 Å². The van der Waals surface area contributed by atoms with Gasteiger partial charge in [-0.3, -0.25) is 4.79 Å². The van der Waals surface area contributed by atoms with Crippen molar-refractivity contribution in [2.75, 3.05) is 6.54 Å². The van der Waals surface area contributed by atoms with Gasteiger partial charge in [0, 0.05) is 30.5 Å². The SMILES string of the molecule is Cc1cc2c(cc1Cc1ccc(C(=O)N(Cc3ccccc3Cl)CC(c3ccccc3)c3ccccc3)o1)C(C)(C)CCC2(C)C. The van der Waals surface area contributed by atoms with Crippen molar-refractivity contribution in [3.63, 3.8) is 0 Å². The lowest BCUT2D eigenvalue weighted by Crippen LogP contribution is -2.34. The lowest BCUT2D eigenvalue weighted by atomic mass is 9.62. The number of hydrogen-bond acceptors (Lipinski definition) is 2. The van der Waals surface area contributed by atoms with E-state index in [4.69, 9.17) is 16.0 Å². The predicted molar refractivity (Wildman–Crippen MR) is 189 cm³/mol. The number of rotatable bonds is 9. The normalized spacial score (nSPS) is 15.0. The van der Waals surface area contributed by atoms with E-state index in [1.54, 1.807) is 0 Å². The molecule has 1 aliphatic rings. The first-order chi connectivity index (χ1) is 22.0. The highest BCUT2D eigenvalue weighted by atomic mass is 35.5. The Morgan fingerprint density at radius 3 is 1.93 bits per heavy atom. The molecule has 0 spiro atoms. The van der Waals surface area contributed by atoms with Crippen LogP contribution in [0.4, 0.5) is 0 Å². The number of fused-ring (bicyclic) bond motifs is 1. The summed E-state index contributed by atoms with van der Waals surface area (Å²) in [6.07, 6.45) is 3.00. The average molecular weight is 630 g/mol. The zero-order valence-electron chi connectivity index (χ0n) is 27.6. The Labute approximate surface area is 279 Å². The molecule has 1 aliphatic carbocycles. The maximum atomic E-state index is 14.3. The molecule has 3 nitrogen and oxygen atoms in total. The molecule has 0 N–H and O–H groups in total. The minimum Gasteiger partial charge on any atom is -0.456 e. The number of furan rings is 1. The maximum Gasteiger partial charge on any atom is 0.289 e. The van der Waals surface area contributed by atoms with Gasteiger partial charge in [-0.05, 0) is 87.7 Å². The van der Waals surface area contributed by atoms with E-state index < -0.39 is 0 Å². The lowest BCUT2D eigenvalue weighted by Gasteiger charge is -2.42. The number of halogens is 1. The van der Waals surface area contributed by atoms with E-state index in [1.165, 1.54) is 35.1 Å². The molecular formula is C42H44ClNO2. The van der Waals surface area contributed by atoms with Crippen molar-refractivity contribution in [1.29, 1.82) is 0 Å². The largest absolute Gasteiger partial charge is 0.456 e. The van der Waals surface area contributed by atoms with Gasteiger partial charge in [0.25, 0.3) is 5.91 Å². The molecule has 0 atom stereocenters. The summed E-state index contributed by atoms with van der Waals surface area (Å²) in [5.41, 5.74) is 8.92. The van der Waals surface area contributed by atoms with Crippen LogP contribution < -0.4 is 0 Å². The molecule has 0 fully saturated rings. The standard InChI is InChI=1S/C42H44ClNO2/c1-29-24-36-37(42(4,5)23-22-41(36,2)3)26-33(29)25-34-20-21-39(46-34)40(45)44(27-32-18-12-13-19-38(32)43)28-35(30-14-8-6-9-15-30)31-16-10-7-11-17-31/h6-21,24,26,35H,22-23,25,27-28H2,1-5H3. The molecule has 1 amide bonds. The van der Waals surface area contributed by atoms with E-state index in [0.717, 1.165) is 22.5 Å². The molecule has 46 heavy (non-hydrogen) atoms. The molecule has 5 aromatic rings. The van der Waals surface area contributed by atoms with Crippen molar-refractivity contribution in [3.05, 3.63) is 165 Å². The second-order valence-corrected chi connectivity index (χ2v) is 14.6. The number of hydrogen-bond donors (Lipinski definition) is 0. The molecule has 6 rings (SSSR count). The van der Waals surface area contributed by atoms with Crippen LogP contribution in [0.3, 0.4) is 0 Å². The molecule has 0 aliphatic heterocycles. The molecule has 0 radical (unpaired) electrons. The zero-order chi connectivity index (χ0) is 32.5. The van der Waals surface area contributed by atoms with Gasteiger partial charge < -0.3 is 9.32 Å². The maximum absolute atomic E-state index is 14.3. The molecule has 0 saturated carbocycles. The average Bonchev–Trinajstić information content (AvgIpc) is 3.52. The zero-order valence-corrected chi connectivity index (χ0v) is 28.4. The van der Waals surface area contributed by atoms with E-state index in [9.17, 15) is 4.79 Å². The minimum absolute atomic E-state index is 0.0194. The molecular weight excluding hydrogens is 586 g/mol. The summed E-state index contributed by atoms with van der Waals surface area (Å²) >= 11 is 6.63. The molecule has 1 aromatic heterocycles. The molecule has 236 valence electrons. The van der Waals surface area contributed by atoms with Gasteiger partial charge in [0.15, 0.2) is 5.76 Å². The highest BCUT2D eigenvalue weighted by Crippen LogP contribution is 2.46. The smallest absolute Gasteiger partial charge is 0.289 e. The quantitative estimate of drug-likeness (QED) is 0.162. The van der Waals surface area contributed by atoms with Crippen molar-refractivity contribution >= 4 is 17.5 Å². The molecule has 4 aromatic carbocycles. The van der Waals surface area contributed by atoms with E-state index >= 15 is 0 Å². The van der Waals surface area contributed by atoms with Crippen LogP contribution in [0, 0.1) is 6.92 Å². The Morgan fingerprint density at radius 1 is 0.761 bits per heavy atom. The molecule has 0 bridgehead atoms. The van der Waals surface area contributed by atoms with Crippen LogP contribution in [-0.2, 0) is 23.8 Å². The summed E-state index contributed by atoms with van der Waals surface area (Å²) in [4.78, 5) is 16.2. The molecule has 0 unspecified atom stereocenters. The summed E-state index contributed by atoms with van der Waals surface area (Å²) in [6, 6.07) is 37.1. The van der Waals surface area contributed by atoms with Gasteiger partial charge in [0.1, 0.15) is 5.76 Å². The monoisotopic (exact) mass is 629 g/mol. The van der Waals surface area contributed by atoms with Crippen molar-refractivity contribution in [2.24, 2.45) is 0 Å². The number of amides is 1. The summed E-state index contributed by atoms with van der Waals surface area (Å²) in [7, 11) is 0. The second-order valence-electron chi connectivity index (χ2n) is 14.2. The van der Waals surface area contributed by atoms with Gasteiger partial charge >= 0.3 is 0 Å². The van der Waals surface area contributed by atoms with Crippen molar-refractivity contribution < 1.29 is 9.21 Å². The van der Waals surface area contributed by atoms with Gasteiger partial charge in [-0.1, -0.05) is 130 Å². The van der Waals surface area contributed by atoms with Crippen molar-refractivity contribution in [3.8, 4) is 0 Å².